The Kier molecular flexibility index (Phi) is 3.49. The van der Waals surface area contributed by atoms with Gasteiger partial charge in [0, 0.05) is 16.2 Å². The number of benzene rings is 2. The summed E-state index contributed by atoms with van der Waals surface area (Å²) in [6.07, 6.45) is 0. The third-order valence-corrected chi connectivity index (χ3v) is 2.90. The molecule has 2 aromatic rings. The Morgan fingerprint density at radius 1 is 1.22 bits per heavy atom. The van der Waals surface area contributed by atoms with Gasteiger partial charge in [0.15, 0.2) is 11.6 Å². The number of anilines is 1. The summed E-state index contributed by atoms with van der Waals surface area (Å²) in [6.45, 7) is 0. The standard InChI is InChI=1S/C13H8BrFN2O/c14-11-6-10(3-1-8(11)7-16)18-13-4-2-9(17)5-12(13)15/h1-6H,17H2. The van der Waals surface area contributed by atoms with Crippen LogP contribution in [0.3, 0.4) is 0 Å². The largest absolute Gasteiger partial charge is 0.454 e. The van der Waals surface area contributed by atoms with E-state index in [9.17, 15) is 4.39 Å². The summed E-state index contributed by atoms with van der Waals surface area (Å²) in [7, 11) is 0. The quantitative estimate of drug-likeness (QED) is 0.858. The molecule has 0 saturated heterocycles. The van der Waals surface area contributed by atoms with Crippen molar-refractivity contribution >= 4 is 21.6 Å². The van der Waals surface area contributed by atoms with Crippen molar-refractivity contribution < 1.29 is 9.13 Å². The van der Waals surface area contributed by atoms with Crippen LogP contribution in [0.25, 0.3) is 0 Å². The second-order valence-corrected chi connectivity index (χ2v) is 4.40. The number of hydrogen-bond acceptors (Lipinski definition) is 3. The van der Waals surface area contributed by atoms with Crippen LogP contribution < -0.4 is 10.5 Å². The minimum Gasteiger partial charge on any atom is -0.454 e. The molecular formula is C13H8BrFN2O. The van der Waals surface area contributed by atoms with Crippen molar-refractivity contribution in [3.05, 3.63) is 52.3 Å². The van der Waals surface area contributed by atoms with E-state index in [2.05, 4.69) is 15.9 Å². The minimum atomic E-state index is -0.532. The number of rotatable bonds is 2. The first-order valence-corrected chi connectivity index (χ1v) is 5.82. The molecule has 0 aromatic heterocycles. The smallest absolute Gasteiger partial charge is 0.167 e. The molecule has 0 spiro atoms. The predicted molar refractivity (Wildman–Crippen MR) is 69.7 cm³/mol. The fourth-order valence-electron chi connectivity index (χ4n) is 1.38. The number of nitrogen functional groups attached to an aromatic ring is 1. The Hall–Kier alpha value is -2.06. The fraction of sp³-hybridized carbons (Fsp3) is 0. The van der Waals surface area contributed by atoms with Crippen molar-refractivity contribution in [2.45, 2.75) is 0 Å². The third kappa shape index (κ3) is 2.60. The van der Waals surface area contributed by atoms with Crippen LogP contribution >= 0.6 is 15.9 Å². The van der Waals surface area contributed by atoms with Crippen LogP contribution in [0.2, 0.25) is 0 Å². The number of nitrogens with two attached hydrogens (primary N) is 1. The zero-order chi connectivity index (χ0) is 13.1. The molecule has 0 heterocycles. The van der Waals surface area contributed by atoms with Gasteiger partial charge in [-0.1, -0.05) is 0 Å². The molecule has 0 saturated carbocycles. The van der Waals surface area contributed by atoms with Crippen molar-refractivity contribution in [3.8, 4) is 17.6 Å². The van der Waals surface area contributed by atoms with Crippen molar-refractivity contribution in [2.75, 3.05) is 5.73 Å². The number of ether oxygens (including phenoxy) is 1. The van der Waals surface area contributed by atoms with Crippen LogP contribution in [0, 0.1) is 17.1 Å². The summed E-state index contributed by atoms with van der Waals surface area (Å²) >= 11 is 3.23. The number of hydrogen-bond donors (Lipinski definition) is 1. The molecule has 0 unspecified atom stereocenters. The zero-order valence-corrected chi connectivity index (χ0v) is 10.7. The van der Waals surface area contributed by atoms with Crippen LogP contribution in [0.5, 0.6) is 11.5 Å². The normalized spacial score (nSPS) is 9.83. The van der Waals surface area contributed by atoms with Gasteiger partial charge in [-0.2, -0.15) is 5.26 Å². The van der Waals surface area contributed by atoms with Gasteiger partial charge in [0.2, 0.25) is 0 Å². The van der Waals surface area contributed by atoms with E-state index < -0.39 is 5.82 Å². The molecule has 3 nitrogen and oxygen atoms in total. The summed E-state index contributed by atoms with van der Waals surface area (Å²) in [4.78, 5) is 0. The van der Waals surface area contributed by atoms with Crippen LogP contribution in [-0.4, -0.2) is 0 Å². The van der Waals surface area contributed by atoms with E-state index in [0.717, 1.165) is 0 Å². The van der Waals surface area contributed by atoms with Gasteiger partial charge in [-0.25, -0.2) is 4.39 Å². The molecule has 2 aromatic carbocycles. The predicted octanol–water partition coefficient (Wildman–Crippen LogP) is 3.83. The lowest BCUT2D eigenvalue weighted by molar-refractivity contribution is 0.442. The Labute approximate surface area is 112 Å². The Bertz CT molecular complexity index is 637. The summed E-state index contributed by atoms with van der Waals surface area (Å²) in [5.41, 5.74) is 6.26. The van der Waals surface area contributed by atoms with E-state index >= 15 is 0 Å². The highest BCUT2D eigenvalue weighted by Crippen LogP contribution is 2.29. The molecule has 0 fully saturated rings. The van der Waals surface area contributed by atoms with Gasteiger partial charge in [0.05, 0.1) is 5.56 Å². The first-order valence-electron chi connectivity index (χ1n) is 5.02. The van der Waals surface area contributed by atoms with E-state index in [4.69, 9.17) is 15.7 Å². The average Bonchev–Trinajstić information content (AvgIpc) is 2.33. The van der Waals surface area contributed by atoms with Crippen LogP contribution in [-0.2, 0) is 0 Å². The second kappa shape index (κ2) is 5.07. The van der Waals surface area contributed by atoms with Crippen molar-refractivity contribution in [1.29, 1.82) is 5.26 Å². The van der Waals surface area contributed by atoms with Crippen molar-refractivity contribution in [3.63, 3.8) is 0 Å². The maximum absolute atomic E-state index is 13.5. The molecule has 0 amide bonds. The number of nitrogens with zero attached hydrogens (tertiary/aromatic N) is 1. The molecule has 0 radical (unpaired) electrons. The molecule has 2 N–H and O–H groups in total. The zero-order valence-electron chi connectivity index (χ0n) is 9.15. The Balaban J connectivity index is 2.29. The lowest BCUT2D eigenvalue weighted by Gasteiger charge is -2.08. The fourth-order valence-corrected chi connectivity index (χ4v) is 1.82. The molecular weight excluding hydrogens is 299 g/mol. The summed E-state index contributed by atoms with van der Waals surface area (Å²) < 4.78 is 19.5. The topological polar surface area (TPSA) is 59.0 Å². The maximum Gasteiger partial charge on any atom is 0.167 e. The minimum absolute atomic E-state index is 0.0841. The van der Waals surface area contributed by atoms with Gasteiger partial charge in [0.1, 0.15) is 11.8 Å². The van der Waals surface area contributed by atoms with Gasteiger partial charge in [-0.3, -0.25) is 0 Å². The first kappa shape index (κ1) is 12.4. The number of halogens is 2. The third-order valence-electron chi connectivity index (χ3n) is 2.24. The molecule has 90 valence electrons. The molecule has 0 aliphatic heterocycles. The van der Waals surface area contributed by atoms with Crippen LogP contribution in [0.1, 0.15) is 5.56 Å². The SMILES string of the molecule is N#Cc1ccc(Oc2ccc(N)cc2F)cc1Br. The second-order valence-electron chi connectivity index (χ2n) is 3.55. The highest BCUT2D eigenvalue weighted by Gasteiger charge is 2.07. The summed E-state index contributed by atoms with van der Waals surface area (Å²) in [5, 5.41) is 8.78. The van der Waals surface area contributed by atoms with E-state index in [1.54, 1.807) is 24.3 Å². The highest BCUT2D eigenvalue weighted by molar-refractivity contribution is 9.10. The Morgan fingerprint density at radius 2 is 2.00 bits per heavy atom. The molecule has 0 bridgehead atoms. The van der Waals surface area contributed by atoms with Crippen molar-refractivity contribution in [1.82, 2.24) is 0 Å². The lowest BCUT2D eigenvalue weighted by Crippen LogP contribution is -1.91. The van der Waals surface area contributed by atoms with Crippen LogP contribution in [0.4, 0.5) is 10.1 Å². The highest BCUT2D eigenvalue weighted by atomic mass is 79.9. The lowest BCUT2D eigenvalue weighted by atomic mass is 10.2. The molecule has 5 heteroatoms. The van der Waals surface area contributed by atoms with Gasteiger partial charge in [-0.15, -0.1) is 0 Å². The average molecular weight is 307 g/mol. The van der Waals surface area contributed by atoms with E-state index in [0.29, 0.717) is 21.5 Å². The van der Waals surface area contributed by atoms with Crippen LogP contribution in [0.15, 0.2) is 40.9 Å². The number of nitriles is 1. The van der Waals surface area contributed by atoms with E-state index in [1.807, 2.05) is 6.07 Å². The van der Waals surface area contributed by atoms with Gasteiger partial charge >= 0.3 is 0 Å². The molecule has 0 atom stereocenters. The first-order chi connectivity index (χ1) is 8.60. The molecule has 18 heavy (non-hydrogen) atoms. The Morgan fingerprint density at radius 3 is 2.61 bits per heavy atom. The van der Waals surface area contributed by atoms with Gasteiger partial charge < -0.3 is 10.5 Å². The van der Waals surface area contributed by atoms with Gasteiger partial charge in [-0.05, 0) is 46.3 Å². The molecule has 2 rings (SSSR count). The maximum atomic E-state index is 13.5. The molecule has 0 aliphatic rings. The van der Waals surface area contributed by atoms with E-state index in [1.165, 1.54) is 12.1 Å². The van der Waals surface area contributed by atoms with Crippen molar-refractivity contribution in [2.24, 2.45) is 0 Å². The summed E-state index contributed by atoms with van der Waals surface area (Å²) in [5.74, 6) is -0.0131. The van der Waals surface area contributed by atoms with E-state index in [-0.39, 0.29) is 5.75 Å². The van der Waals surface area contributed by atoms with Gasteiger partial charge in [0.25, 0.3) is 0 Å². The summed E-state index contributed by atoms with van der Waals surface area (Å²) in [6, 6.07) is 11.0. The molecule has 0 aliphatic carbocycles. The monoisotopic (exact) mass is 306 g/mol.